The Morgan fingerprint density at radius 1 is 1.00 bits per heavy atom. The number of hydrogen-bond acceptors (Lipinski definition) is 4. The molecular formula is C18H18O5. The molecule has 2 aromatic rings. The average molecular weight is 314 g/mol. The number of benzene rings is 2. The molecule has 5 heteroatoms. The molecule has 0 bridgehead atoms. The number of hydrogen-bond donors (Lipinski definition) is 1. The van der Waals surface area contributed by atoms with Crippen LogP contribution < -0.4 is 9.47 Å². The van der Waals surface area contributed by atoms with E-state index >= 15 is 0 Å². The third kappa shape index (κ3) is 4.85. The molecule has 0 atom stereocenters. The van der Waals surface area contributed by atoms with Gasteiger partial charge < -0.3 is 14.6 Å². The minimum atomic E-state index is -0.977. The normalized spacial score (nSPS) is 10.1. The van der Waals surface area contributed by atoms with Crippen LogP contribution in [0.15, 0.2) is 48.5 Å². The van der Waals surface area contributed by atoms with Crippen molar-refractivity contribution in [1.29, 1.82) is 0 Å². The monoisotopic (exact) mass is 314 g/mol. The number of ketones is 1. The highest BCUT2D eigenvalue weighted by Crippen LogP contribution is 2.20. The van der Waals surface area contributed by atoms with Crippen molar-refractivity contribution >= 4 is 11.8 Å². The van der Waals surface area contributed by atoms with Gasteiger partial charge in [0.2, 0.25) is 0 Å². The lowest BCUT2D eigenvalue weighted by Gasteiger charge is -2.10. The fourth-order valence-electron chi connectivity index (χ4n) is 2.09. The lowest BCUT2D eigenvalue weighted by Crippen LogP contribution is -2.04. The van der Waals surface area contributed by atoms with Gasteiger partial charge in [0.05, 0.1) is 13.5 Å². The van der Waals surface area contributed by atoms with Crippen molar-refractivity contribution in [2.45, 2.75) is 19.4 Å². The molecule has 23 heavy (non-hydrogen) atoms. The highest BCUT2D eigenvalue weighted by molar-refractivity contribution is 5.97. The number of carbonyl (C=O) groups is 2. The summed E-state index contributed by atoms with van der Waals surface area (Å²) in [5.74, 6) is 0.220. The van der Waals surface area contributed by atoms with E-state index in [0.29, 0.717) is 17.9 Å². The minimum Gasteiger partial charge on any atom is -0.496 e. The second-order valence-electron chi connectivity index (χ2n) is 4.94. The number of para-hydroxylation sites is 1. The van der Waals surface area contributed by atoms with Crippen LogP contribution in [0.1, 0.15) is 28.8 Å². The molecule has 0 fully saturated rings. The Morgan fingerprint density at radius 3 is 2.35 bits per heavy atom. The number of Topliss-reactive ketones (excluding diaryl/α,β-unsaturated/α-hetero) is 1. The molecule has 5 nitrogen and oxygen atoms in total. The van der Waals surface area contributed by atoms with Crippen molar-refractivity contribution in [3.63, 3.8) is 0 Å². The van der Waals surface area contributed by atoms with E-state index in [2.05, 4.69) is 0 Å². The highest BCUT2D eigenvalue weighted by Gasteiger charge is 2.09. The van der Waals surface area contributed by atoms with Gasteiger partial charge in [-0.15, -0.1) is 0 Å². The first-order valence-corrected chi connectivity index (χ1v) is 7.20. The van der Waals surface area contributed by atoms with Crippen LogP contribution in [0, 0.1) is 0 Å². The Morgan fingerprint density at radius 2 is 1.70 bits per heavy atom. The van der Waals surface area contributed by atoms with Gasteiger partial charge in [0, 0.05) is 17.5 Å². The number of rotatable bonds is 8. The highest BCUT2D eigenvalue weighted by atomic mass is 16.5. The quantitative estimate of drug-likeness (QED) is 0.757. The molecule has 0 aliphatic heterocycles. The summed E-state index contributed by atoms with van der Waals surface area (Å²) in [6.07, 6.45) is -0.165. The maximum atomic E-state index is 11.8. The molecule has 0 radical (unpaired) electrons. The summed E-state index contributed by atoms with van der Waals surface area (Å²) < 4.78 is 10.9. The molecule has 2 aromatic carbocycles. The molecule has 0 aliphatic carbocycles. The van der Waals surface area contributed by atoms with E-state index in [1.54, 1.807) is 31.4 Å². The van der Waals surface area contributed by atoms with Gasteiger partial charge in [-0.1, -0.05) is 18.2 Å². The van der Waals surface area contributed by atoms with Crippen LogP contribution in [0.25, 0.3) is 0 Å². The molecule has 2 rings (SSSR count). The maximum Gasteiger partial charge on any atom is 0.303 e. The van der Waals surface area contributed by atoms with Crippen LogP contribution in [0.4, 0.5) is 0 Å². The summed E-state index contributed by atoms with van der Waals surface area (Å²) in [5.41, 5.74) is 1.41. The lowest BCUT2D eigenvalue weighted by molar-refractivity contribution is -0.136. The second-order valence-corrected chi connectivity index (χ2v) is 4.94. The number of ether oxygens (including phenoxy) is 2. The molecule has 0 saturated heterocycles. The van der Waals surface area contributed by atoms with Crippen LogP contribution in [-0.4, -0.2) is 24.0 Å². The standard InChI is InChI=1S/C18H18O5/c1-22-17-5-3-2-4-14(17)12-23-15-8-6-13(7-9-15)16(19)10-11-18(20)21/h2-9H,10-12H2,1H3,(H,20,21). The van der Waals surface area contributed by atoms with Gasteiger partial charge in [-0.25, -0.2) is 0 Å². The zero-order chi connectivity index (χ0) is 16.7. The van der Waals surface area contributed by atoms with E-state index < -0.39 is 5.97 Å². The zero-order valence-electron chi connectivity index (χ0n) is 12.8. The van der Waals surface area contributed by atoms with Gasteiger partial charge in [-0.2, -0.15) is 0 Å². The zero-order valence-corrected chi connectivity index (χ0v) is 12.8. The molecule has 0 heterocycles. The van der Waals surface area contributed by atoms with Gasteiger partial charge in [-0.05, 0) is 30.3 Å². The summed E-state index contributed by atoms with van der Waals surface area (Å²) in [5, 5.41) is 8.59. The molecule has 120 valence electrons. The van der Waals surface area contributed by atoms with Crippen molar-refractivity contribution in [2.75, 3.05) is 7.11 Å². The topological polar surface area (TPSA) is 72.8 Å². The number of aliphatic carboxylic acids is 1. The predicted octanol–water partition coefficient (Wildman–Crippen LogP) is 3.32. The van der Waals surface area contributed by atoms with Crippen molar-refractivity contribution in [3.05, 3.63) is 59.7 Å². The van der Waals surface area contributed by atoms with Gasteiger partial charge in [0.1, 0.15) is 18.1 Å². The lowest BCUT2D eigenvalue weighted by atomic mass is 10.1. The van der Waals surface area contributed by atoms with Crippen molar-refractivity contribution in [2.24, 2.45) is 0 Å². The number of carbonyl (C=O) groups excluding carboxylic acids is 1. The first kappa shape index (κ1) is 16.5. The predicted molar refractivity (Wildman–Crippen MR) is 85.0 cm³/mol. The van der Waals surface area contributed by atoms with Crippen LogP contribution in [0.2, 0.25) is 0 Å². The van der Waals surface area contributed by atoms with Gasteiger partial charge >= 0.3 is 5.97 Å². The molecule has 1 N–H and O–H groups in total. The third-order valence-electron chi connectivity index (χ3n) is 3.33. The Kier molecular flexibility index (Phi) is 5.74. The van der Waals surface area contributed by atoms with Crippen LogP contribution in [0.5, 0.6) is 11.5 Å². The van der Waals surface area contributed by atoms with Crippen LogP contribution >= 0.6 is 0 Å². The first-order valence-electron chi connectivity index (χ1n) is 7.20. The summed E-state index contributed by atoms with van der Waals surface area (Å²) in [7, 11) is 1.61. The smallest absolute Gasteiger partial charge is 0.303 e. The van der Waals surface area contributed by atoms with E-state index in [1.165, 1.54) is 0 Å². The summed E-state index contributed by atoms with van der Waals surface area (Å²) in [4.78, 5) is 22.3. The van der Waals surface area contributed by atoms with Crippen LogP contribution in [0.3, 0.4) is 0 Å². The Balaban J connectivity index is 1.95. The van der Waals surface area contributed by atoms with E-state index in [4.69, 9.17) is 14.6 Å². The SMILES string of the molecule is COc1ccccc1COc1ccc(C(=O)CCC(=O)O)cc1. The number of carboxylic acid groups (broad SMARTS) is 1. The number of carboxylic acids is 1. The maximum absolute atomic E-state index is 11.8. The Hall–Kier alpha value is -2.82. The van der Waals surface area contributed by atoms with Crippen molar-refractivity contribution in [1.82, 2.24) is 0 Å². The fourth-order valence-corrected chi connectivity index (χ4v) is 2.09. The van der Waals surface area contributed by atoms with E-state index in [-0.39, 0.29) is 18.6 Å². The van der Waals surface area contributed by atoms with E-state index in [1.807, 2.05) is 24.3 Å². The summed E-state index contributed by atoms with van der Waals surface area (Å²) >= 11 is 0. The van der Waals surface area contributed by atoms with Crippen molar-refractivity contribution in [3.8, 4) is 11.5 Å². The molecule has 0 saturated carbocycles. The minimum absolute atomic E-state index is 0.00322. The largest absolute Gasteiger partial charge is 0.496 e. The molecule has 0 aliphatic rings. The van der Waals surface area contributed by atoms with Crippen molar-refractivity contribution < 1.29 is 24.2 Å². The Labute approximate surface area is 134 Å². The average Bonchev–Trinajstić information content (AvgIpc) is 2.58. The summed E-state index contributed by atoms with van der Waals surface area (Å²) in [6, 6.07) is 14.3. The van der Waals surface area contributed by atoms with E-state index in [9.17, 15) is 9.59 Å². The van der Waals surface area contributed by atoms with Gasteiger partial charge in [-0.3, -0.25) is 9.59 Å². The fraction of sp³-hybridized carbons (Fsp3) is 0.222. The van der Waals surface area contributed by atoms with E-state index in [0.717, 1.165) is 11.3 Å². The number of methoxy groups -OCH3 is 1. The molecule has 0 spiro atoms. The molecule has 0 unspecified atom stereocenters. The molecular weight excluding hydrogens is 296 g/mol. The Bertz CT molecular complexity index is 676. The first-order chi connectivity index (χ1) is 11.1. The summed E-state index contributed by atoms with van der Waals surface area (Å²) in [6.45, 7) is 0.357. The second kappa shape index (κ2) is 7.98. The van der Waals surface area contributed by atoms with Gasteiger partial charge in [0.25, 0.3) is 0 Å². The van der Waals surface area contributed by atoms with Gasteiger partial charge in [0.15, 0.2) is 5.78 Å². The third-order valence-corrected chi connectivity index (χ3v) is 3.33. The molecule has 0 aromatic heterocycles. The van der Waals surface area contributed by atoms with Crippen LogP contribution in [-0.2, 0) is 11.4 Å². The molecule has 0 amide bonds.